The zero-order valence-electron chi connectivity index (χ0n) is 10.4. The fourth-order valence-electron chi connectivity index (χ4n) is 2.61. The van der Waals surface area contributed by atoms with Crippen LogP contribution in [-0.2, 0) is 11.2 Å². The molecule has 0 fully saturated rings. The van der Waals surface area contributed by atoms with Gasteiger partial charge >= 0.3 is 0 Å². The van der Waals surface area contributed by atoms with Crippen LogP contribution in [-0.4, -0.2) is 5.91 Å². The number of allylic oxidation sites excluding steroid dienone is 1. The number of nitrogen functional groups attached to an aromatic ring is 1. The Balaban J connectivity index is 2.20. The van der Waals surface area contributed by atoms with Crippen molar-refractivity contribution in [2.75, 3.05) is 5.73 Å². The van der Waals surface area contributed by atoms with Crippen molar-refractivity contribution < 1.29 is 4.79 Å². The highest BCUT2D eigenvalue weighted by molar-refractivity contribution is 6.28. The van der Waals surface area contributed by atoms with Crippen molar-refractivity contribution >= 4 is 22.7 Å². The van der Waals surface area contributed by atoms with Crippen LogP contribution >= 0.6 is 0 Å². The molecule has 0 radical (unpaired) electrons. The zero-order valence-corrected chi connectivity index (χ0v) is 10.4. The van der Waals surface area contributed by atoms with Crippen molar-refractivity contribution in [1.29, 1.82) is 0 Å². The van der Waals surface area contributed by atoms with Gasteiger partial charge in [-0.3, -0.25) is 4.79 Å². The van der Waals surface area contributed by atoms with Gasteiger partial charge in [-0.25, -0.2) is 0 Å². The number of hydrogen-bond donors (Lipinski definition) is 2. The number of benzene rings is 2. The number of carbonyl (C=O) groups is 1. The Labute approximate surface area is 111 Å². The van der Waals surface area contributed by atoms with Crippen molar-refractivity contribution in [2.24, 2.45) is 5.73 Å². The summed E-state index contributed by atoms with van der Waals surface area (Å²) in [5, 5.41) is 0. The van der Waals surface area contributed by atoms with Crippen molar-refractivity contribution in [1.82, 2.24) is 0 Å². The van der Waals surface area contributed by atoms with Gasteiger partial charge in [0, 0.05) is 5.69 Å². The summed E-state index contributed by atoms with van der Waals surface area (Å²) in [6.07, 6.45) is 0.720. The smallest absolute Gasteiger partial charge is 0.249 e. The van der Waals surface area contributed by atoms with Crippen molar-refractivity contribution in [3.05, 3.63) is 65.2 Å². The molecule has 3 heteroatoms. The van der Waals surface area contributed by atoms with Crippen LogP contribution in [0.5, 0.6) is 0 Å². The lowest BCUT2D eigenvalue weighted by Crippen LogP contribution is -2.13. The largest absolute Gasteiger partial charge is 0.399 e. The number of amides is 1. The second kappa shape index (κ2) is 4.28. The van der Waals surface area contributed by atoms with Crippen LogP contribution in [0.3, 0.4) is 0 Å². The molecule has 0 bridgehead atoms. The maximum atomic E-state index is 11.8. The average molecular weight is 250 g/mol. The van der Waals surface area contributed by atoms with Gasteiger partial charge < -0.3 is 11.5 Å². The fourth-order valence-corrected chi connectivity index (χ4v) is 2.61. The van der Waals surface area contributed by atoms with Gasteiger partial charge in [-0.15, -0.1) is 0 Å². The molecule has 3 rings (SSSR count). The van der Waals surface area contributed by atoms with Gasteiger partial charge in [0.2, 0.25) is 5.91 Å². The number of nitrogens with two attached hydrogens (primary N) is 2. The van der Waals surface area contributed by atoms with E-state index < -0.39 is 0 Å². The molecule has 0 spiro atoms. The molecule has 0 aliphatic heterocycles. The predicted octanol–water partition coefficient (Wildman–Crippen LogP) is 2.22. The molecule has 0 atom stereocenters. The van der Waals surface area contributed by atoms with Gasteiger partial charge in [0.05, 0.1) is 5.57 Å². The quantitative estimate of drug-likeness (QED) is 0.802. The zero-order chi connectivity index (χ0) is 13.4. The summed E-state index contributed by atoms with van der Waals surface area (Å²) in [5.74, 6) is -0.387. The third-order valence-corrected chi connectivity index (χ3v) is 3.44. The summed E-state index contributed by atoms with van der Waals surface area (Å²) >= 11 is 0. The lowest BCUT2D eigenvalue weighted by atomic mass is 9.99. The Kier molecular flexibility index (Phi) is 2.60. The number of hydrogen-bond acceptors (Lipinski definition) is 2. The Morgan fingerprint density at radius 3 is 2.58 bits per heavy atom. The van der Waals surface area contributed by atoms with Crippen LogP contribution in [0, 0.1) is 0 Å². The molecule has 0 heterocycles. The lowest BCUT2D eigenvalue weighted by Gasteiger charge is -2.06. The Hall–Kier alpha value is -2.55. The Morgan fingerprint density at radius 2 is 1.84 bits per heavy atom. The summed E-state index contributed by atoms with van der Waals surface area (Å²) in [4.78, 5) is 11.8. The van der Waals surface area contributed by atoms with E-state index in [1.165, 1.54) is 0 Å². The van der Waals surface area contributed by atoms with Crippen LogP contribution in [0.4, 0.5) is 5.69 Å². The van der Waals surface area contributed by atoms with E-state index in [0.29, 0.717) is 11.3 Å². The first-order chi connectivity index (χ1) is 9.16. The first kappa shape index (κ1) is 11.5. The summed E-state index contributed by atoms with van der Waals surface area (Å²) < 4.78 is 0. The number of fused-ring (bicyclic) bond motifs is 1. The van der Waals surface area contributed by atoms with E-state index in [9.17, 15) is 4.79 Å². The number of primary amides is 1. The molecule has 94 valence electrons. The van der Waals surface area contributed by atoms with E-state index in [1.54, 1.807) is 0 Å². The first-order valence-corrected chi connectivity index (χ1v) is 6.14. The third-order valence-electron chi connectivity index (χ3n) is 3.44. The minimum atomic E-state index is -0.387. The molecule has 0 unspecified atom stereocenters. The molecule has 1 aliphatic rings. The van der Waals surface area contributed by atoms with E-state index >= 15 is 0 Å². The van der Waals surface area contributed by atoms with E-state index in [2.05, 4.69) is 0 Å². The van der Waals surface area contributed by atoms with Gasteiger partial charge in [-0.1, -0.05) is 36.4 Å². The van der Waals surface area contributed by atoms with Gasteiger partial charge in [-0.05, 0) is 40.8 Å². The Bertz CT molecular complexity index is 701. The summed E-state index contributed by atoms with van der Waals surface area (Å²) in [6.45, 7) is 0. The first-order valence-electron chi connectivity index (χ1n) is 6.14. The molecule has 0 saturated carbocycles. The highest BCUT2D eigenvalue weighted by atomic mass is 16.1. The third kappa shape index (κ3) is 1.89. The molecular formula is C16H14N2O. The van der Waals surface area contributed by atoms with Crippen molar-refractivity contribution in [2.45, 2.75) is 6.42 Å². The molecule has 0 saturated heterocycles. The van der Waals surface area contributed by atoms with E-state index in [4.69, 9.17) is 11.5 Å². The minimum absolute atomic E-state index is 0.387. The van der Waals surface area contributed by atoms with Gasteiger partial charge in [0.15, 0.2) is 0 Å². The monoisotopic (exact) mass is 250 g/mol. The number of rotatable bonds is 2. The van der Waals surface area contributed by atoms with Gasteiger partial charge in [0.1, 0.15) is 0 Å². The average Bonchev–Trinajstić information content (AvgIpc) is 2.78. The van der Waals surface area contributed by atoms with Crippen LogP contribution in [0.1, 0.15) is 16.7 Å². The van der Waals surface area contributed by atoms with Gasteiger partial charge in [-0.2, -0.15) is 0 Å². The molecule has 0 aromatic heterocycles. The summed E-state index contributed by atoms with van der Waals surface area (Å²) in [5.41, 5.74) is 16.7. The maximum Gasteiger partial charge on any atom is 0.249 e. The predicted molar refractivity (Wildman–Crippen MR) is 77.0 cm³/mol. The molecule has 3 nitrogen and oxygen atoms in total. The number of carbonyl (C=O) groups excluding carboxylic acids is 1. The van der Waals surface area contributed by atoms with E-state index in [0.717, 1.165) is 28.7 Å². The van der Waals surface area contributed by atoms with Crippen LogP contribution in [0.15, 0.2) is 48.5 Å². The Morgan fingerprint density at radius 1 is 1.05 bits per heavy atom. The molecule has 2 aromatic carbocycles. The molecule has 1 aliphatic carbocycles. The summed E-state index contributed by atoms with van der Waals surface area (Å²) in [6, 6.07) is 15.4. The van der Waals surface area contributed by atoms with Gasteiger partial charge in [0.25, 0.3) is 0 Å². The second-order valence-electron chi connectivity index (χ2n) is 4.68. The van der Waals surface area contributed by atoms with Crippen molar-refractivity contribution in [3.63, 3.8) is 0 Å². The molecular weight excluding hydrogens is 236 g/mol. The molecule has 2 aromatic rings. The summed E-state index contributed by atoms with van der Waals surface area (Å²) in [7, 11) is 0. The van der Waals surface area contributed by atoms with Crippen LogP contribution < -0.4 is 11.5 Å². The van der Waals surface area contributed by atoms with E-state index in [-0.39, 0.29) is 5.91 Å². The maximum absolute atomic E-state index is 11.8. The SMILES string of the molecule is NC(=O)C1=C(c2cccc(N)c2)Cc2ccccc21. The van der Waals surface area contributed by atoms with Crippen LogP contribution in [0.2, 0.25) is 0 Å². The highest BCUT2D eigenvalue weighted by Gasteiger charge is 2.25. The van der Waals surface area contributed by atoms with Crippen molar-refractivity contribution in [3.8, 4) is 0 Å². The normalized spacial score (nSPS) is 13.5. The fraction of sp³-hybridized carbons (Fsp3) is 0.0625. The van der Waals surface area contributed by atoms with Crippen LogP contribution in [0.25, 0.3) is 11.1 Å². The topological polar surface area (TPSA) is 69.1 Å². The molecule has 19 heavy (non-hydrogen) atoms. The second-order valence-corrected chi connectivity index (χ2v) is 4.68. The molecule has 1 amide bonds. The number of anilines is 1. The standard InChI is InChI=1S/C16H14N2O/c17-12-6-3-5-10(8-12)14-9-11-4-1-2-7-13(11)15(14)16(18)19/h1-8H,9,17H2,(H2,18,19). The minimum Gasteiger partial charge on any atom is -0.399 e. The molecule has 4 N–H and O–H groups in total. The van der Waals surface area contributed by atoms with E-state index in [1.807, 2.05) is 48.5 Å². The lowest BCUT2D eigenvalue weighted by molar-refractivity contribution is -0.112. The highest BCUT2D eigenvalue weighted by Crippen LogP contribution is 2.38.